The maximum atomic E-state index is 10.4. The molecule has 12 heavy (non-hydrogen) atoms. The fourth-order valence-corrected chi connectivity index (χ4v) is 0.432. The molecule has 1 aromatic heterocycles. The summed E-state index contributed by atoms with van der Waals surface area (Å²) in [5, 5.41) is 14.6. The Balaban J connectivity index is 2.71. The SMILES string of the molecule is Nn1cnnc1OC(=O)C(=O)O. The molecule has 0 saturated carbocycles. The molecule has 0 saturated heterocycles. The minimum Gasteiger partial charge on any atom is -0.473 e. The second-order valence-corrected chi connectivity index (χ2v) is 1.72. The molecule has 0 bridgehead atoms. The summed E-state index contributed by atoms with van der Waals surface area (Å²) in [6, 6.07) is -0.373. The van der Waals surface area contributed by atoms with Crippen LogP contribution in [0.1, 0.15) is 0 Å². The zero-order valence-electron chi connectivity index (χ0n) is 5.67. The Labute approximate surface area is 65.5 Å². The van der Waals surface area contributed by atoms with Gasteiger partial charge in [-0.3, -0.25) is 0 Å². The number of esters is 1. The number of ether oxygens (including phenoxy) is 1. The molecule has 0 aliphatic rings. The quantitative estimate of drug-likeness (QED) is 0.285. The van der Waals surface area contributed by atoms with E-state index in [0.29, 0.717) is 0 Å². The molecule has 0 spiro atoms. The summed E-state index contributed by atoms with van der Waals surface area (Å²) < 4.78 is 4.95. The van der Waals surface area contributed by atoms with E-state index < -0.39 is 11.9 Å². The van der Waals surface area contributed by atoms with Crippen molar-refractivity contribution in [2.75, 3.05) is 5.84 Å². The van der Waals surface area contributed by atoms with Gasteiger partial charge in [0, 0.05) is 0 Å². The van der Waals surface area contributed by atoms with E-state index in [1.165, 1.54) is 0 Å². The van der Waals surface area contributed by atoms with Gasteiger partial charge < -0.3 is 15.7 Å². The summed E-state index contributed by atoms with van der Waals surface area (Å²) in [5.74, 6) is 1.92. The first kappa shape index (κ1) is 7.98. The molecule has 1 aromatic rings. The largest absolute Gasteiger partial charge is 0.473 e. The highest BCUT2D eigenvalue weighted by Crippen LogP contribution is 1.99. The van der Waals surface area contributed by atoms with Crippen LogP contribution in [-0.2, 0) is 9.59 Å². The fourth-order valence-electron chi connectivity index (χ4n) is 0.432. The lowest BCUT2D eigenvalue weighted by atomic mass is 10.7. The Kier molecular flexibility index (Phi) is 1.90. The average Bonchev–Trinajstić information content (AvgIpc) is 2.36. The van der Waals surface area contributed by atoms with E-state index in [1.54, 1.807) is 0 Å². The molecule has 0 radical (unpaired) electrons. The van der Waals surface area contributed by atoms with Gasteiger partial charge in [0.2, 0.25) is 0 Å². The van der Waals surface area contributed by atoms with Crippen LogP contribution in [0.25, 0.3) is 0 Å². The zero-order chi connectivity index (χ0) is 9.14. The van der Waals surface area contributed by atoms with E-state index in [4.69, 9.17) is 10.9 Å². The van der Waals surface area contributed by atoms with Crippen LogP contribution in [0, 0.1) is 0 Å². The third-order valence-corrected chi connectivity index (χ3v) is 0.899. The second kappa shape index (κ2) is 2.86. The predicted octanol–water partition coefficient (Wildman–Crippen LogP) is -2.02. The molecular weight excluding hydrogens is 168 g/mol. The summed E-state index contributed by atoms with van der Waals surface area (Å²) in [4.78, 5) is 20.4. The Morgan fingerprint density at radius 3 is 2.75 bits per heavy atom. The lowest BCUT2D eigenvalue weighted by Gasteiger charge is -1.96. The topological polar surface area (TPSA) is 120 Å². The third-order valence-electron chi connectivity index (χ3n) is 0.899. The fraction of sp³-hybridized carbons (Fsp3) is 0. The molecule has 8 nitrogen and oxygen atoms in total. The van der Waals surface area contributed by atoms with E-state index in [1.807, 2.05) is 0 Å². The number of hydrogen-bond acceptors (Lipinski definition) is 6. The molecule has 0 aromatic carbocycles. The second-order valence-electron chi connectivity index (χ2n) is 1.72. The van der Waals surface area contributed by atoms with E-state index in [-0.39, 0.29) is 6.01 Å². The first-order valence-corrected chi connectivity index (χ1v) is 2.71. The number of carbonyl (C=O) groups excluding carboxylic acids is 1. The lowest BCUT2D eigenvalue weighted by Crippen LogP contribution is -2.22. The summed E-state index contributed by atoms with van der Waals surface area (Å²) in [6.45, 7) is 0. The van der Waals surface area contributed by atoms with Crippen molar-refractivity contribution in [1.29, 1.82) is 0 Å². The minimum atomic E-state index is -1.72. The smallest absolute Gasteiger partial charge is 0.425 e. The normalized spacial score (nSPS) is 9.33. The van der Waals surface area contributed by atoms with Crippen molar-refractivity contribution in [3.8, 4) is 6.01 Å². The molecule has 0 atom stereocenters. The minimum absolute atomic E-state index is 0.373. The molecule has 3 N–H and O–H groups in total. The van der Waals surface area contributed by atoms with Gasteiger partial charge in [0.05, 0.1) is 0 Å². The van der Waals surface area contributed by atoms with Crippen molar-refractivity contribution in [3.05, 3.63) is 6.33 Å². The van der Waals surface area contributed by atoms with E-state index in [0.717, 1.165) is 11.0 Å². The monoisotopic (exact) mass is 172 g/mol. The summed E-state index contributed by atoms with van der Waals surface area (Å²) >= 11 is 0. The maximum Gasteiger partial charge on any atom is 0.425 e. The first-order chi connectivity index (χ1) is 5.61. The molecule has 1 rings (SSSR count). The van der Waals surface area contributed by atoms with Crippen molar-refractivity contribution in [3.63, 3.8) is 0 Å². The van der Waals surface area contributed by atoms with Crippen molar-refractivity contribution < 1.29 is 19.4 Å². The highest BCUT2D eigenvalue weighted by Gasteiger charge is 2.16. The van der Waals surface area contributed by atoms with E-state index >= 15 is 0 Å². The van der Waals surface area contributed by atoms with Crippen molar-refractivity contribution >= 4 is 11.9 Å². The van der Waals surface area contributed by atoms with Crippen LogP contribution < -0.4 is 10.6 Å². The molecule has 0 unspecified atom stereocenters. The lowest BCUT2D eigenvalue weighted by molar-refractivity contribution is -0.158. The van der Waals surface area contributed by atoms with Crippen LogP contribution in [0.3, 0.4) is 0 Å². The van der Waals surface area contributed by atoms with Crippen LogP contribution in [-0.4, -0.2) is 31.9 Å². The first-order valence-electron chi connectivity index (χ1n) is 2.71. The van der Waals surface area contributed by atoms with Crippen molar-refractivity contribution in [2.45, 2.75) is 0 Å². The molecule has 1 heterocycles. The zero-order valence-corrected chi connectivity index (χ0v) is 5.67. The van der Waals surface area contributed by atoms with Crippen LogP contribution in [0.5, 0.6) is 6.01 Å². The Morgan fingerprint density at radius 1 is 1.67 bits per heavy atom. The number of nitrogens with two attached hydrogens (primary N) is 1. The van der Waals surface area contributed by atoms with Gasteiger partial charge in [0.1, 0.15) is 6.33 Å². The van der Waals surface area contributed by atoms with Crippen LogP contribution in [0.2, 0.25) is 0 Å². The number of aliphatic carboxylic acids is 1. The number of carbonyl (C=O) groups is 2. The van der Waals surface area contributed by atoms with Gasteiger partial charge in [-0.05, 0) is 0 Å². The number of aromatic nitrogens is 3. The van der Waals surface area contributed by atoms with Gasteiger partial charge in [0.15, 0.2) is 0 Å². The Hall–Kier alpha value is -2.12. The van der Waals surface area contributed by atoms with E-state index in [2.05, 4.69) is 14.9 Å². The number of hydrogen-bond donors (Lipinski definition) is 2. The molecular formula is C4H4N4O4. The van der Waals surface area contributed by atoms with Gasteiger partial charge in [-0.1, -0.05) is 5.10 Å². The Morgan fingerprint density at radius 2 is 2.33 bits per heavy atom. The number of nitrogens with zero attached hydrogens (tertiary/aromatic N) is 3. The van der Waals surface area contributed by atoms with Crippen LogP contribution in [0.4, 0.5) is 0 Å². The molecule has 0 fully saturated rings. The van der Waals surface area contributed by atoms with Gasteiger partial charge in [-0.2, -0.15) is 4.68 Å². The third kappa shape index (κ3) is 1.48. The van der Waals surface area contributed by atoms with E-state index in [9.17, 15) is 9.59 Å². The number of carboxylic acid groups (broad SMARTS) is 1. The summed E-state index contributed by atoms with van der Waals surface area (Å²) in [7, 11) is 0. The van der Waals surface area contributed by atoms with Gasteiger partial charge in [-0.15, -0.1) is 5.10 Å². The number of carboxylic acids is 1. The Bertz CT molecular complexity index is 319. The highest BCUT2D eigenvalue weighted by atomic mass is 16.6. The summed E-state index contributed by atoms with van der Waals surface area (Å²) in [6.07, 6.45) is 1.06. The molecule has 64 valence electrons. The number of nitrogen functional groups attached to an aromatic ring is 1. The molecule has 0 amide bonds. The van der Waals surface area contributed by atoms with Crippen LogP contribution in [0.15, 0.2) is 6.33 Å². The van der Waals surface area contributed by atoms with Gasteiger partial charge in [0.25, 0.3) is 0 Å². The van der Waals surface area contributed by atoms with Crippen LogP contribution >= 0.6 is 0 Å². The molecule has 0 aliphatic heterocycles. The average molecular weight is 172 g/mol. The maximum absolute atomic E-state index is 10.4. The van der Waals surface area contributed by atoms with Gasteiger partial charge >= 0.3 is 17.9 Å². The molecule has 8 heteroatoms. The number of rotatable bonds is 1. The van der Waals surface area contributed by atoms with Gasteiger partial charge in [-0.25, -0.2) is 9.59 Å². The standard InChI is InChI=1S/C4H4N4O4/c5-8-1-6-7-4(8)12-3(11)2(9)10/h1H,5H2,(H,9,10). The van der Waals surface area contributed by atoms with Crippen molar-refractivity contribution in [1.82, 2.24) is 14.9 Å². The predicted molar refractivity (Wildman–Crippen MR) is 33.4 cm³/mol. The van der Waals surface area contributed by atoms with Crippen molar-refractivity contribution in [2.24, 2.45) is 0 Å². The molecule has 0 aliphatic carbocycles. The summed E-state index contributed by atoms with van der Waals surface area (Å²) in [5.41, 5.74) is 0. The highest BCUT2D eigenvalue weighted by molar-refractivity contribution is 6.29.